The van der Waals surface area contributed by atoms with Gasteiger partial charge in [0.2, 0.25) is 0 Å². The molecule has 2 aromatic carbocycles. The Bertz CT molecular complexity index is 839. The number of alkyl halides is 4. The van der Waals surface area contributed by atoms with Crippen LogP contribution in [0.5, 0.6) is 0 Å². The lowest BCUT2D eigenvalue weighted by molar-refractivity contribution is 0.907. The lowest BCUT2D eigenvalue weighted by Gasteiger charge is -2.41. The van der Waals surface area contributed by atoms with Crippen molar-refractivity contribution in [2.45, 2.75) is 6.47 Å². The first-order valence-electron chi connectivity index (χ1n) is 5.94. The number of fused-ring (bicyclic) bond motifs is 2. The average molecular weight is 890 g/mol. The summed E-state index contributed by atoms with van der Waals surface area (Å²) in [6.07, 6.45) is 0. The summed E-state index contributed by atoms with van der Waals surface area (Å²) >= 11 is 34.0. The van der Waals surface area contributed by atoms with Crippen molar-refractivity contribution in [3.05, 3.63) is 62.8 Å². The smallest absolute Gasteiger partial charge is 0.0620 e. The van der Waals surface area contributed by atoms with Crippen LogP contribution in [0.4, 0.5) is 0 Å². The highest BCUT2D eigenvalue weighted by atomic mass is 79.9. The second-order valence-electron chi connectivity index (χ2n) is 4.82. The number of halogens is 9. The van der Waals surface area contributed by atoms with E-state index in [9.17, 15) is 0 Å². The molecule has 0 aliphatic heterocycles. The zero-order valence-electron chi connectivity index (χ0n) is 10.6. The van der Waals surface area contributed by atoms with E-state index in [2.05, 4.69) is 149 Å². The van der Waals surface area contributed by atoms with E-state index >= 15 is 0 Å². The molecule has 122 valence electrons. The zero-order valence-corrected chi connectivity index (χ0v) is 24.9. The van der Waals surface area contributed by atoms with Crippen molar-refractivity contribution in [1.82, 2.24) is 0 Å². The van der Waals surface area contributed by atoms with E-state index < -0.39 is 6.47 Å². The first-order valence-corrected chi connectivity index (χ1v) is 13.1. The molecule has 9 heteroatoms. The van der Waals surface area contributed by atoms with Crippen molar-refractivity contribution in [2.75, 3.05) is 0 Å². The van der Waals surface area contributed by atoms with E-state index in [0.29, 0.717) is 0 Å². The Hall–Kier alpha value is 2.76. The van der Waals surface area contributed by atoms with Crippen molar-refractivity contribution < 1.29 is 0 Å². The predicted molar refractivity (Wildman–Crippen MR) is 129 cm³/mol. The van der Waals surface area contributed by atoms with E-state index in [4.69, 9.17) is 0 Å². The maximum atomic E-state index is 3.89. The number of hydrogen-bond acceptors (Lipinski definition) is 0. The minimum atomic E-state index is -0.555. The fraction of sp³-hybridized carbons (Fsp3) is 0.143. The third-order valence-corrected chi connectivity index (χ3v) is 12.2. The summed E-state index contributed by atoms with van der Waals surface area (Å²) in [4.78, 5) is 0. The van der Waals surface area contributed by atoms with Crippen molar-refractivity contribution in [1.29, 1.82) is 0 Å². The molecule has 0 fully saturated rings. The van der Waals surface area contributed by atoms with Crippen LogP contribution >= 0.6 is 143 Å². The normalized spacial score (nSPS) is 17.6. The van der Waals surface area contributed by atoms with Crippen LogP contribution in [-0.4, -0.2) is 0 Å². The molecular weight excluding hydrogens is 887 g/mol. The minimum absolute atomic E-state index is 0.538. The molecule has 0 spiro atoms. The van der Waals surface area contributed by atoms with Gasteiger partial charge in [-0.25, -0.2) is 0 Å². The van der Waals surface area contributed by atoms with Crippen molar-refractivity contribution >= 4 is 143 Å². The van der Waals surface area contributed by atoms with Gasteiger partial charge in [-0.05, 0) is 75.3 Å². The quantitative estimate of drug-likeness (QED) is 0.141. The van der Waals surface area contributed by atoms with Crippen LogP contribution in [0.1, 0.15) is 22.3 Å². The molecular formula is C14H3Br9. The molecule has 1 aliphatic rings. The largest absolute Gasteiger partial charge is 0.133 e. The van der Waals surface area contributed by atoms with E-state index in [1.165, 1.54) is 0 Å². The molecule has 2 aromatic rings. The summed E-state index contributed by atoms with van der Waals surface area (Å²) < 4.78 is 3.73. The van der Waals surface area contributed by atoms with Gasteiger partial charge in [-0.2, -0.15) is 0 Å². The summed E-state index contributed by atoms with van der Waals surface area (Å²) in [5.41, 5.74) is 4.34. The van der Waals surface area contributed by atoms with Gasteiger partial charge in [-0.15, -0.1) is 0 Å². The average Bonchev–Trinajstić information content (AvgIpc) is 2.46. The van der Waals surface area contributed by atoms with Crippen LogP contribution in [-0.2, 0) is 6.47 Å². The summed E-state index contributed by atoms with van der Waals surface area (Å²) in [5, 5.41) is 0. The van der Waals surface area contributed by atoms with Gasteiger partial charge in [0.25, 0.3) is 0 Å². The molecule has 0 amide bonds. The topological polar surface area (TPSA) is 0 Å². The highest BCUT2D eigenvalue weighted by Gasteiger charge is 2.50. The van der Waals surface area contributed by atoms with Gasteiger partial charge in [0.1, 0.15) is 6.47 Å². The second-order valence-corrected chi connectivity index (χ2v) is 15.7. The standard InChI is InChI=1S/C14H3Br9/c15-5-3-1-2-4-6(5)14(22,23)8-7(13(4,20)21)9(16)11(18)12(19)10(8)17/h1-3H. The van der Waals surface area contributed by atoms with Crippen LogP contribution in [0, 0.1) is 0 Å². The van der Waals surface area contributed by atoms with Crippen LogP contribution in [0.25, 0.3) is 0 Å². The van der Waals surface area contributed by atoms with E-state index in [1.54, 1.807) is 0 Å². The highest BCUT2D eigenvalue weighted by molar-refractivity contribution is 9.25. The van der Waals surface area contributed by atoms with Gasteiger partial charge in [-0.1, -0.05) is 91.8 Å². The molecule has 0 heterocycles. The van der Waals surface area contributed by atoms with Crippen LogP contribution in [0.3, 0.4) is 0 Å². The molecule has 0 radical (unpaired) electrons. The molecule has 0 saturated carbocycles. The Morgan fingerprint density at radius 3 is 1.57 bits per heavy atom. The molecule has 0 bridgehead atoms. The number of rotatable bonds is 0. The van der Waals surface area contributed by atoms with E-state index in [0.717, 1.165) is 44.6 Å². The molecule has 0 nitrogen and oxygen atoms in total. The van der Waals surface area contributed by atoms with Crippen LogP contribution in [0.15, 0.2) is 40.6 Å². The Morgan fingerprint density at radius 2 is 1.04 bits per heavy atom. The fourth-order valence-corrected chi connectivity index (χ4v) is 10.7. The van der Waals surface area contributed by atoms with Gasteiger partial charge in [0.15, 0.2) is 0 Å². The predicted octanol–water partition coefficient (Wildman–Crippen LogP) is 9.79. The molecule has 23 heavy (non-hydrogen) atoms. The summed E-state index contributed by atoms with van der Waals surface area (Å²) in [6, 6.07) is 6.16. The maximum absolute atomic E-state index is 3.89. The molecule has 0 aromatic heterocycles. The Morgan fingerprint density at radius 1 is 0.565 bits per heavy atom. The Kier molecular flexibility index (Phi) is 6.22. The molecule has 3 rings (SSSR count). The highest BCUT2D eigenvalue weighted by Crippen LogP contribution is 2.66. The van der Waals surface area contributed by atoms with Crippen molar-refractivity contribution in [2.24, 2.45) is 0 Å². The first-order chi connectivity index (χ1) is 10.5. The zero-order chi connectivity index (χ0) is 17.3. The molecule has 0 unspecified atom stereocenters. The third kappa shape index (κ3) is 3.06. The lowest BCUT2D eigenvalue weighted by atomic mass is 9.85. The van der Waals surface area contributed by atoms with Crippen molar-refractivity contribution in [3.8, 4) is 0 Å². The van der Waals surface area contributed by atoms with Gasteiger partial charge in [-0.3, -0.25) is 0 Å². The number of hydrogen-bond donors (Lipinski definition) is 0. The molecule has 0 saturated heterocycles. The van der Waals surface area contributed by atoms with Crippen molar-refractivity contribution in [3.63, 3.8) is 0 Å². The van der Waals surface area contributed by atoms with Gasteiger partial charge in [0, 0.05) is 39.1 Å². The van der Waals surface area contributed by atoms with Gasteiger partial charge >= 0.3 is 0 Å². The van der Waals surface area contributed by atoms with Gasteiger partial charge in [0.05, 0.1) is 0 Å². The molecule has 1 aliphatic carbocycles. The summed E-state index contributed by atoms with van der Waals surface area (Å²) in [6.45, 7) is 0. The maximum Gasteiger partial charge on any atom is 0.133 e. The lowest BCUT2D eigenvalue weighted by Crippen LogP contribution is -2.31. The molecule has 0 N–H and O–H groups in total. The van der Waals surface area contributed by atoms with E-state index in [1.807, 2.05) is 12.1 Å². The van der Waals surface area contributed by atoms with E-state index in [-0.39, 0.29) is 0 Å². The monoisotopic (exact) mass is 881 g/mol. The molecule has 0 atom stereocenters. The Balaban J connectivity index is 2.57. The first kappa shape index (κ1) is 20.5. The Labute approximate surface area is 209 Å². The third-order valence-electron chi connectivity index (χ3n) is 3.56. The second kappa shape index (κ2) is 6.98. The van der Waals surface area contributed by atoms with Crippen LogP contribution in [0.2, 0.25) is 0 Å². The van der Waals surface area contributed by atoms with Gasteiger partial charge < -0.3 is 0 Å². The summed E-state index contributed by atoms with van der Waals surface area (Å²) in [5.74, 6) is 0. The fourth-order valence-electron chi connectivity index (χ4n) is 2.59. The SMILES string of the molecule is Brc1cccc2c1C(Br)(Br)c1c(Br)c(Br)c(Br)c(Br)c1C2(Br)Br. The summed E-state index contributed by atoms with van der Waals surface area (Å²) in [7, 11) is 0. The minimum Gasteiger partial charge on any atom is -0.0620 e. The number of benzene rings is 2. The van der Waals surface area contributed by atoms with Crippen LogP contribution < -0.4 is 0 Å².